The molecule has 0 saturated carbocycles. The first-order valence-electron chi connectivity index (χ1n) is 5.90. The van der Waals surface area contributed by atoms with Crippen molar-refractivity contribution in [2.45, 2.75) is 13.0 Å². The summed E-state index contributed by atoms with van der Waals surface area (Å²) in [5, 5.41) is 9.15. The number of nitrogens with zero attached hydrogens (tertiary/aromatic N) is 2. The minimum atomic E-state index is -0.971. The molecule has 3 aromatic rings. The van der Waals surface area contributed by atoms with E-state index in [1.807, 2.05) is 29.7 Å². The lowest BCUT2D eigenvalue weighted by atomic mass is 10.1. The van der Waals surface area contributed by atoms with Crippen LogP contribution in [0.3, 0.4) is 0 Å². The topological polar surface area (TPSA) is 68.3 Å². The SMILES string of the molecule is CC(c1ccco1)n1cnc2c(C(=O)O)cccc21. The summed E-state index contributed by atoms with van der Waals surface area (Å²) in [6.07, 6.45) is 3.26. The van der Waals surface area contributed by atoms with E-state index in [1.54, 1.807) is 24.7 Å². The second-order valence-electron chi connectivity index (χ2n) is 4.32. The number of hydrogen-bond donors (Lipinski definition) is 1. The van der Waals surface area contributed by atoms with E-state index in [1.165, 1.54) is 0 Å². The first-order chi connectivity index (χ1) is 9.18. The third-order valence-electron chi connectivity index (χ3n) is 3.21. The van der Waals surface area contributed by atoms with Gasteiger partial charge in [0, 0.05) is 0 Å². The Kier molecular flexibility index (Phi) is 2.59. The summed E-state index contributed by atoms with van der Waals surface area (Å²) in [7, 11) is 0. The van der Waals surface area contributed by atoms with Crippen LogP contribution in [0.2, 0.25) is 0 Å². The number of carbonyl (C=O) groups is 1. The average molecular weight is 256 g/mol. The first kappa shape index (κ1) is 11.5. The maximum Gasteiger partial charge on any atom is 0.337 e. The minimum absolute atomic E-state index is 0.0379. The van der Waals surface area contributed by atoms with Gasteiger partial charge in [0.1, 0.15) is 11.3 Å². The molecule has 0 bridgehead atoms. The van der Waals surface area contributed by atoms with Crippen molar-refractivity contribution in [3.05, 3.63) is 54.2 Å². The molecule has 5 nitrogen and oxygen atoms in total. The summed E-state index contributed by atoms with van der Waals surface area (Å²) >= 11 is 0. The van der Waals surface area contributed by atoms with E-state index < -0.39 is 5.97 Å². The Labute approximate surface area is 109 Å². The van der Waals surface area contributed by atoms with Gasteiger partial charge in [-0.3, -0.25) is 0 Å². The Bertz CT molecular complexity index is 728. The van der Waals surface area contributed by atoms with Crippen LogP contribution in [0.5, 0.6) is 0 Å². The fourth-order valence-corrected chi connectivity index (χ4v) is 2.20. The van der Waals surface area contributed by atoms with Gasteiger partial charge in [0.15, 0.2) is 0 Å². The number of fused-ring (bicyclic) bond motifs is 1. The maximum atomic E-state index is 11.2. The zero-order valence-electron chi connectivity index (χ0n) is 10.3. The fourth-order valence-electron chi connectivity index (χ4n) is 2.20. The van der Waals surface area contributed by atoms with Gasteiger partial charge in [0.05, 0.1) is 29.7 Å². The fraction of sp³-hybridized carbons (Fsp3) is 0.143. The Morgan fingerprint density at radius 1 is 1.37 bits per heavy atom. The molecule has 3 rings (SSSR count). The van der Waals surface area contributed by atoms with Crippen molar-refractivity contribution in [3.8, 4) is 0 Å². The van der Waals surface area contributed by atoms with Crippen LogP contribution in [-0.2, 0) is 0 Å². The average Bonchev–Trinajstić information content (AvgIpc) is 3.06. The lowest BCUT2D eigenvalue weighted by Gasteiger charge is -2.11. The molecule has 96 valence electrons. The molecule has 0 aliphatic heterocycles. The number of aromatic carboxylic acids is 1. The van der Waals surface area contributed by atoms with Gasteiger partial charge in [-0.15, -0.1) is 0 Å². The third-order valence-corrected chi connectivity index (χ3v) is 3.21. The summed E-state index contributed by atoms with van der Waals surface area (Å²) in [6.45, 7) is 1.98. The van der Waals surface area contributed by atoms with Crippen molar-refractivity contribution in [2.75, 3.05) is 0 Å². The molecule has 0 spiro atoms. The molecule has 5 heteroatoms. The Balaban J connectivity index is 2.16. The van der Waals surface area contributed by atoms with Crippen molar-refractivity contribution in [1.29, 1.82) is 0 Å². The van der Waals surface area contributed by atoms with Crippen LogP contribution < -0.4 is 0 Å². The highest BCUT2D eigenvalue weighted by atomic mass is 16.4. The first-order valence-corrected chi connectivity index (χ1v) is 5.90. The summed E-state index contributed by atoms with van der Waals surface area (Å²) in [5.41, 5.74) is 1.49. The van der Waals surface area contributed by atoms with E-state index in [0.29, 0.717) is 5.52 Å². The number of rotatable bonds is 3. The Morgan fingerprint density at radius 3 is 2.89 bits per heavy atom. The minimum Gasteiger partial charge on any atom is -0.478 e. The number of furan rings is 1. The molecule has 0 amide bonds. The zero-order chi connectivity index (χ0) is 13.4. The maximum absolute atomic E-state index is 11.2. The van der Waals surface area contributed by atoms with E-state index in [9.17, 15) is 4.79 Å². The second kappa shape index (κ2) is 4.28. The molecular weight excluding hydrogens is 244 g/mol. The Morgan fingerprint density at radius 2 is 2.21 bits per heavy atom. The number of carboxylic acid groups (broad SMARTS) is 1. The normalized spacial score (nSPS) is 12.7. The zero-order valence-corrected chi connectivity index (χ0v) is 10.3. The van der Waals surface area contributed by atoms with E-state index in [0.717, 1.165) is 11.3 Å². The van der Waals surface area contributed by atoms with Crippen molar-refractivity contribution in [2.24, 2.45) is 0 Å². The van der Waals surface area contributed by atoms with Crippen LogP contribution >= 0.6 is 0 Å². The molecule has 2 aromatic heterocycles. The smallest absolute Gasteiger partial charge is 0.337 e. The third kappa shape index (κ3) is 1.79. The lowest BCUT2D eigenvalue weighted by Crippen LogP contribution is -2.04. The van der Waals surface area contributed by atoms with Crippen LogP contribution in [0.25, 0.3) is 11.0 Å². The van der Waals surface area contributed by atoms with Crippen LogP contribution in [-0.4, -0.2) is 20.6 Å². The van der Waals surface area contributed by atoms with Crippen LogP contribution in [0, 0.1) is 0 Å². The van der Waals surface area contributed by atoms with Gasteiger partial charge in [0.25, 0.3) is 0 Å². The van der Waals surface area contributed by atoms with E-state index in [4.69, 9.17) is 9.52 Å². The van der Waals surface area contributed by atoms with Gasteiger partial charge < -0.3 is 14.1 Å². The van der Waals surface area contributed by atoms with E-state index in [-0.39, 0.29) is 11.6 Å². The molecule has 1 unspecified atom stereocenters. The Hall–Kier alpha value is -2.56. The number of imidazole rings is 1. The highest BCUT2D eigenvalue weighted by Crippen LogP contribution is 2.25. The molecule has 2 heterocycles. The summed E-state index contributed by atoms with van der Waals surface area (Å²) in [4.78, 5) is 15.4. The van der Waals surface area contributed by atoms with Crippen molar-refractivity contribution in [1.82, 2.24) is 9.55 Å². The second-order valence-corrected chi connectivity index (χ2v) is 4.32. The van der Waals surface area contributed by atoms with Gasteiger partial charge in [0.2, 0.25) is 0 Å². The van der Waals surface area contributed by atoms with Gasteiger partial charge in [-0.1, -0.05) is 6.07 Å². The quantitative estimate of drug-likeness (QED) is 0.782. The van der Waals surface area contributed by atoms with Crippen molar-refractivity contribution >= 4 is 17.0 Å². The monoisotopic (exact) mass is 256 g/mol. The molecule has 0 aliphatic rings. The molecule has 0 aliphatic carbocycles. The predicted octanol–water partition coefficient (Wildman–Crippen LogP) is 2.94. The number of para-hydroxylation sites is 1. The lowest BCUT2D eigenvalue weighted by molar-refractivity contribution is 0.0699. The molecule has 1 N–H and O–H groups in total. The van der Waals surface area contributed by atoms with Gasteiger partial charge in [-0.25, -0.2) is 9.78 Å². The van der Waals surface area contributed by atoms with E-state index in [2.05, 4.69) is 4.98 Å². The number of hydrogen-bond acceptors (Lipinski definition) is 3. The van der Waals surface area contributed by atoms with Crippen LogP contribution in [0.1, 0.15) is 29.1 Å². The summed E-state index contributed by atoms with van der Waals surface area (Å²) in [5.74, 6) is -0.165. The van der Waals surface area contributed by atoms with Crippen LogP contribution in [0.4, 0.5) is 0 Å². The highest BCUT2D eigenvalue weighted by Gasteiger charge is 2.17. The molecule has 0 radical (unpaired) electrons. The molecule has 19 heavy (non-hydrogen) atoms. The summed E-state index contributed by atoms with van der Waals surface area (Å²) in [6, 6.07) is 8.81. The summed E-state index contributed by atoms with van der Waals surface area (Å²) < 4.78 is 7.28. The highest BCUT2D eigenvalue weighted by molar-refractivity contribution is 6.00. The van der Waals surface area contributed by atoms with Gasteiger partial charge in [-0.05, 0) is 31.2 Å². The van der Waals surface area contributed by atoms with Crippen molar-refractivity contribution in [3.63, 3.8) is 0 Å². The van der Waals surface area contributed by atoms with Gasteiger partial charge >= 0.3 is 5.97 Å². The molecular formula is C14H12N2O3. The largest absolute Gasteiger partial charge is 0.478 e. The van der Waals surface area contributed by atoms with Crippen LogP contribution in [0.15, 0.2) is 47.3 Å². The molecule has 1 atom stereocenters. The molecule has 0 fully saturated rings. The number of aromatic nitrogens is 2. The standard InChI is InChI=1S/C14H12N2O3/c1-9(12-6-3-7-19-12)16-8-15-13-10(14(17)18)4-2-5-11(13)16/h2-9H,1H3,(H,17,18). The predicted molar refractivity (Wildman–Crippen MR) is 69.2 cm³/mol. The van der Waals surface area contributed by atoms with Crippen molar-refractivity contribution < 1.29 is 14.3 Å². The molecule has 0 saturated heterocycles. The van der Waals surface area contributed by atoms with E-state index >= 15 is 0 Å². The van der Waals surface area contributed by atoms with Gasteiger partial charge in [-0.2, -0.15) is 0 Å². The molecule has 1 aromatic carbocycles. The number of carboxylic acids is 1. The number of benzene rings is 1.